The molecule has 0 aliphatic carbocycles. The zero-order chi connectivity index (χ0) is 27.1. The Morgan fingerprint density at radius 2 is 1.47 bits per heavy atom. The van der Waals surface area contributed by atoms with Crippen LogP contribution in [0.25, 0.3) is 0 Å². The lowest BCUT2D eigenvalue weighted by molar-refractivity contribution is -0.143. The van der Waals surface area contributed by atoms with Crippen molar-refractivity contribution in [1.29, 1.82) is 0 Å². The molecule has 2 heterocycles. The summed E-state index contributed by atoms with van der Waals surface area (Å²) in [5.74, 6) is 2.99. The number of likely N-dealkylation sites (tertiary alicyclic amines) is 1. The molecule has 2 aromatic carbocycles. The van der Waals surface area contributed by atoms with Crippen LogP contribution in [0.15, 0.2) is 42.5 Å². The minimum atomic E-state index is -0.471. The molecule has 1 amide bonds. The largest absolute Gasteiger partial charge is 0.497 e. The lowest BCUT2D eigenvalue weighted by atomic mass is 9.66. The van der Waals surface area contributed by atoms with Crippen LogP contribution < -0.4 is 14.2 Å². The van der Waals surface area contributed by atoms with Crippen LogP contribution in [0.5, 0.6) is 17.2 Å². The third kappa shape index (κ3) is 6.26. The summed E-state index contributed by atoms with van der Waals surface area (Å²) in [6.07, 6.45) is 2.94. The summed E-state index contributed by atoms with van der Waals surface area (Å²) in [7, 11) is 5.07. The average Bonchev–Trinajstić information content (AvgIpc) is 2.94. The SMILES string of the molecule is COc1cc(CN2CCN(CCCN3CCCC(c4cccc(OC)c4)(C(C)C)C3=O)CC2)cc(OC)c1. The normalized spacial score (nSPS) is 21.1. The third-order valence-corrected chi connectivity index (χ3v) is 8.42. The fraction of sp³-hybridized carbons (Fsp3) is 0.581. The Hall–Kier alpha value is -2.77. The van der Waals surface area contributed by atoms with E-state index < -0.39 is 5.41 Å². The van der Waals surface area contributed by atoms with E-state index in [4.69, 9.17) is 14.2 Å². The van der Waals surface area contributed by atoms with Crippen molar-refractivity contribution in [1.82, 2.24) is 14.7 Å². The van der Waals surface area contributed by atoms with Gasteiger partial charge in [-0.2, -0.15) is 0 Å². The topological polar surface area (TPSA) is 54.5 Å². The van der Waals surface area contributed by atoms with E-state index in [1.54, 1.807) is 21.3 Å². The molecule has 2 aliphatic rings. The molecule has 1 atom stereocenters. The van der Waals surface area contributed by atoms with E-state index in [0.717, 1.165) is 94.4 Å². The highest BCUT2D eigenvalue weighted by molar-refractivity contribution is 5.89. The fourth-order valence-electron chi connectivity index (χ4n) is 6.16. The number of benzene rings is 2. The van der Waals surface area contributed by atoms with Gasteiger partial charge < -0.3 is 24.0 Å². The minimum Gasteiger partial charge on any atom is -0.497 e. The van der Waals surface area contributed by atoms with Crippen molar-refractivity contribution in [3.63, 3.8) is 0 Å². The van der Waals surface area contributed by atoms with Gasteiger partial charge in [0.15, 0.2) is 0 Å². The number of hydrogen-bond donors (Lipinski definition) is 0. The number of rotatable bonds is 11. The molecule has 2 aromatic rings. The maximum atomic E-state index is 13.9. The molecule has 1 unspecified atom stereocenters. The summed E-state index contributed by atoms with van der Waals surface area (Å²) < 4.78 is 16.3. The van der Waals surface area contributed by atoms with E-state index >= 15 is 0 Å². The van der Waals surface area contributed by atoms with Crippen LogP contribution in [0.4, 0.5) is 0 Å². The van der Waals surface area contributed by atoms with Crippen LogP contribution in [0.3, 0.4) is 0 Å². The first-order valence-electron chi connectivity index (χ1n) is 14.0. The van der Waals surface area contributed by atoms with Gasteiger partial charge in [0, 0.05) is 51.9 Å². The smallest absolute Gasteiger partial charge is 0.233 e. The number of piperazine rings is 1. The highest BCUT2D eigenvalue weighted by Gasteiger charge is 2.47. The van der Waals surface area contributed by atoms with Crippen molar-refractivity contribution >= 4 is 5.91 Å². The van der Waals surface area contributed by atoms with E-state index in [1.165, 1.54) is 5.56 Å². The zero-order valence-electron chi connectivity index (χ0n) is 23.9. The molecule has 4 rings (SSSR count). The summed E-state index contributed by atoms with van der Waals surface area (Å²) in [5.41, 5.74) is 1.83. The van der Waals surface area contributed by atoms with E-state index in [1.807, 2.05) is 18.2 Å². The monoisotopic (exact) mass is 523 g/mol. The summed E-state index contributed by atoms with van der Waals surface area (Å²) in [4.78, 5) is 21.1. The molecular weight excluding hydrogens is 478 g/mol. The van der Waals surface area contributed by atoms with Gasteiger partial charge in [0.25, 0.3) is 0 Å². The highest BCUT2D eigenvalue weighted by Crippen LogP contribution is 2.42. The molecule has 0 radical (unpaired) electrons. The summed E-state index contributed by atoms with van der Waals surface area (Å²) in [5, 5.41) is 0. The minimum absolute atomic E-state index is 0.225. The van der Waals surface area contributed by atoms with Crippen molar-refractivity contribution in [3.8, 4) is 17.2 Å². The van der Waals surface area contributed by atoms with Gasteiger partial charge in [-0.1, -0.05) is 26.0 Å². The van der Waals surface area contributed by atoms with Gasteiger partial charge in [-0.05, 0) is 67.1 Å². The molecular formula is C31H45N3O4. The number of nitrogens with zero attached hydrogens (tertiary/aromatic N) is 3. The van der Waals surface area contributed by atoms with E-state index in [2.05, 4.69) is 52.8 Å². The molecule has 0 N–H and O–H groups in total. The van der Waals surface area contributed by atoms with Crippen LogP contribution >= 0.6 is 0 Å². The quantitative estimate of drug-likeness (QED) is 0.434. The molecule has 2 fully saturated rings. The summed E-state index contributed by atoms with van der Waals surface area (Å²) in [6.45, 7) is 12.1. The first-order chi connectivity index (χ1) is 18.4. The molecule has 2 saturated heterocycles. The number of ether oxygens (including phenoxy) is 3. The van der Waals surface area contributed by atoms with Crippen LogP contribution in [0, 0.1) is 5.92 Å². The van der Waals surface area contributed by atoms with Crippen LogP contribution in [-0.4, -0.2) is 87.7 Å². The molecule has 2 aliphatic heterocycles. The fourth-order valence-corrected chi connectivity index (χ4v) is 6.16. The lowest BCUT2D eigenvalue weighted by Gasteiger charge is -2.45. The molecule has 0 aromatic heterocycles. The zero-order valence-corrected chi connectivity index (χ0v) is 23.9. The highest BCUT2D eigenvalue weighted by atomic mass is 16.5. The summed E-state index contributed by atoms with van der Waals surface area (Å²) in [6, 6.07) is 14.2. The Morgan fingerprint density at radius 1 is 0.816 bits per heavy atom. The first kappa shape index (κ1) is 28.2. The van der Waals surface area contributed by atoms with Gasteiger partial charge in [0.05, 0.1) is 26.7 Å². The van der Waals surface area contributed by atoms with Crippen molar-refractivity contribution in [3.05, 3.63) is 53.6 Å². The Balaban J connectivity index is 1.29. The predicted octanol–water partition coefficient (Wildman–Crippen LogP) is 4.44. The standard InChI is InChI=1S/C31H45N3O4/c1-24(2)31(26-9-6-10-27(21-26)36-3)11-7-13-34(30(31)35)14-8-12-32-15-17-33(18-16-32)23-25-19-28(37-4)22-29(20-25)38-5/h6,9-10,19-22,24H,7-8,11-18,23H2,1-5H3. The second-order valence-corrected chi connectivity index (χ2v) is 10.9. The maximum Gasteiger partial charge on any atom is 0.233 e. The van der Waals surface area contributed by atoms with E-state index in [9.17, 15) is 4.79 Å². The number of hydrogen-bond acceptors (Lipinski definition) is 6. The summed E-state index contributed by atoms with van der Waals surface area (Å²) >= 11 is 0. The van der Waals surface area contributed by atoms with Crippen molar-refractivity contribution < 1.29 is 19.0 Å². The number of amides is 1. The maximum absolute atomic E-state index is 13.9. The van der Waals surface area contributed by atoms with Gasteiger partial charge in [0.1, 0.15) is 17.2 Å². The third-order valence-electron chi connectivity index (χ3n) is 8.42. The number of piperidine rings is 1. The lowest BCUT2D eigenvalue weighted by Crippen LogP contribution is -2.54. The van der Waals surface area contributed by atoms with Gasteiger partial charge in [-0.25, -0.2) is 0 Å². The van der Waals surface area contributed by atoms with Gasteiger partial charge in [-0.15, -0.1) is 0 Å². The van der Waals surface area contributed by atoms with E-state index in [-0.39, 0.29) is 11.8 Å². The van der Waals surface area contributed by atoms with E-state index in [0.29, 0.717) is 0 Å². The van der Waals surface area contributed by atoms with Crippen molar-refractivity contribution in [2.24, 2.45) is 5.92 Å². The molecule has 7 nitrogen and oxygen atoms in total. The Morgan fingerprint density at radius 3 is 2.11 bits per heavy atom. The van der Waals surface area contributed by atoms with Gasteiger partial charge >= 0.3 is 0 Å². The Bertz CT molecular complexity index is 1040. The second kappa shape index (κ2) is 12.9. The van der Waals surface area contributed by atoms with Gasteiger partial charge in [-0.3, -0.25) is 9.69 Å². The molecule has 0 spiro atoms. The number of carbonyl (C=O) groups is 1. The molecule has 38 heavy (non-hydrogen) atoms. The van der Waals surface area contributed by atoms with Gasteiger partial charge in [0.2, 0.25) is 5.91 Å². The number of methoxy groups -OCH3 is 3. The average molecular weight is 524 g/mol. The molecule has 208 valence electrons. The Labute approximate surface area is 228 Å². The molecule has 0 bridgehead atoms. The van der Waals surface area contributed by atoms with Crippen LogP contribution in [0.1, 0.15) is 44.2 Å². The molecule has 0 saturated carbocycles. The molecule has 7 heteroatoms. The van der Waals surface area contributed by atoms with Crippen molar-refractivity contribution in [2.75, 3.05) is 67.1 Å². The Kier molecular flexibility index (Phi) is 9.55. The van der Waals surface area contributed by atoms with Crippen LogP contribution in [0.2, 0.25) is 0 Å². The van der Waals surface area contributed by atoms with Crippen LogP contribution in [-0.2, 0) is 16.8 Å². The second-order valence-electron chi connectivity index (χ2n) is 10.9. The van der Waals surface area contributed by atoms with Crippen molar-refractivity contribution in [2.45, 2.75) is 45.1 Å². The number of carbonyl (C=O) groups excluding carboxylic acids is 1. The predicted molar refractivity (Wildman–Crippen MR) is 151 cm³/mol. The first-order valence-corrected chi connectivity index (χ1v) is 14.0.